The number of aromatic nitrogens is 2. The molecule has 0 unspecified atom stereocenters. The van der Waals surface area contributed by atoms with E-state index in [1.165, 1.54) is 12.5 Å². The molecule has 0 atom stereocenters. The van der Waals surface area contributed by atoms with Gasteiger partial charge in [-0.1, -0.05) is 36.7 Å². The van der Waals surface area contributed by atoms with E-state index in [1.807, 2.05) is 31.6 Å². The Hall–Kier alpha value is -1.56. The molecule has 0 fully saturated rings. The van der Waals surface area contributed by atoms with Crippen molar-refractivity contribution in [2.75, 3.05) is 19.0 Å². The van der Waals surface area contributed by atoms with Gasteiger partial charge in [-0.05, 0) is 24.6 Å². The van der Waals surface area contributed by atoms with Crippen molar-refractivity contribution in [1.29, 1.82) is 0 Å². The van der Waals surface area contributed by atoms with Crippen LogP contribution in [0.2, 0.25) is 0 Å². The fraction of sp³-hybridized carbons (Fsp3) is 0.467. The van der Waals surface area contributed by atoms with Crippen LogP contribution in [0.4, 0.5) is 5.82 Å². The molecule has 5 nitrogen and oxygen atoms in total. The third kappa shape index (κ3) is 6.16. The Morgan fingerprint density at radius 3 is 2.57 bits per heavy atom. The highest BCUT2D eigenvalue weighted by atomic mass is 79.9. The van der Waals surface area contributed by atoms with E-state index in [9.17, 15) is 0 Å². The zero-order chi connectivity index (χ0) is 16.3. The zero-order valence-corrected chi connectivity index (χ0v) is 14.9. The summed E-state index contributed by atoms with van der Waals surface area (Å²) in [6.45, 7) is 7.48. The van der Waals surface area contributed by atoms with E-state index in [1.54, 1.807) is 0 Å². The Labute approximate surface area is 134 Å². The van der Waals surface area contributed by atoms with Crippen LogP contribution >= 0.6 is 15.9 Å². The molecule has 0 radical (unpaired) electrons. The Kier molecular flexibility index (Phi) is 10.3. The van der Waals surface area contributed by atoms with Crippen LogP contribution in [0.25, 0.3) is 10.9 Å². The van der Waals surface area contributed by atoms with Gasteiger partial charge in [0.05, 0.1) is 12.6 Å². The average Bonchev–Trinajstić information content (AvgIpc) is 2.83. The normalized spacial score (nSPS) is 9.05. The number of aryl methyl sites for hydroxylation is 1. The van der Waals surface area contributed by atoms with Crippen LogP contribution in [0, 0.1) is 0 Å². The molecule has 21 heavy (non-hydrogen) atoms. The standard InChI is InChI=1S/C11H14BrN3.C2H4O2.C2H6/c1-3-6-13-11-9-5-4-8(12)7-10(9)15(2)14-11;1-4-2-3;1-2/h4-5,7H,3,6H2,1-2H3,(H,13,14);2H,1H3;1-2H3. The maximum atomic E-state index is 8.95. The van der Waals surface area contributed by atoms with Gasteiger partial charge in [0.1, 0.15) is 0 Å². The largest absolute Gasteiger partial charge is 0.471 e. The molecule has 0 saturated carbocycles. The van der Waals surface area contributed by atoms with Gasteiger partial charge in [0.25, 0.3) is 6.47 Å². The minimum Gasteiger partial charge on any atom is -0.471 e. The maximum Gasteiger partial charge on any atom is 0.292 e. The topological polar surface area (TPSA) is 56.1 Å². The van der Waals surface area contributed by atoms with Gasteiger partial charge in [-0.15, -0.1) is 0 Å². The highest BCUT2D eigenvalue weighted by molar-refractivity contribution is 9.10. The van der Waals surface area contributed by atoms with Crippen LogP contribution in [0.3, 0.4) is 0 Å². The van der Waals surface area contributed by atoms with E-state index in [0.717, 1.165) is 28.8 Å². The molecule has 1 heterocycles. The second kappa shape index (κ2) is 11.1. The lowest BCUT2D eigenvalue weighted by atomic mass is 10.2. The summed E-state index contributed by atoms with van der Waals surface area (Å²) in [7, 11) is 3.28. The minimum atomic E-state index is 0.375. The van der Waals surface area contributed by atoms with Crippen LogP contribution in [0.1, 0.15) is 27.2 Å². The number of carbonyl (C=O) groups is 1. The Morgan fingerprint density at radius 1 is 1.43 bits per heavy atom. The summed E-state index contributed by atoms with van der Waals surface area (Å²) >= 11 is 3.47. The molecule has 118 valence electrons. The van der Waals surface area contributed by atoms with E-state index >= 15 is 0 Å². The van der Waals surface area contributed by atoms with Gasteiger partial charge in [0, 0.05) is 23.5 Å². The Bertz CT molecular complexity index is 541. The molecule has 0 aliphatic rings. The first kappa shape index (κ1) is 19.4. The third-order valence-electron chi connectivity index (χ3n) is 2.45. The van der Waals surface area contributed by atoms with Crippen molar-refractivity contribution >= 4 is 39.1 Å². The summed E-state index contributed by atoms with van der Waals surface area (Å²) in [6, 6.07) is 6.21. The number of methoxy groups -OCH3 is 1. The van der Waals surface area contributed by atoms with Crippen LogP contribution in [-0.4, -0.2) is 29.9 Å². The number of anilines is 1. The van der Waals surface area contributed by atoms with Crippen molar-refractivity contribution in [3.63, 3.8) is 0 Å². The smallest absolute Gasteiger partial charge is 0.292 e. The lowest BCUT2D eigenvalue weighted by molar-refractivity contribution is -0.126. The van der Waals surface area contributed by atoms with Crippen LogP contribution in [0.15, 0.2) is 22.7 Å². The number of fused-ring (bicyclic) bond motifs is 1. The van der Waals surface area contributed by atoms with E-state index in [4.69, 9.17) is 4.79 Å². The molecule has 2 rings (SSSR count). The number of rotatable bonds is 4. The summed E-state index contributed by atoms with van der Waals surface area (Å²) in [5, 5.41) is 8.96. The van der Waals surface area contributed by atoms with Gasteiger partial charge in [0.2, 0.25) is 0 Å². The molecule has 0 saturated heterocycles. The summed E-state index contributed by atoms with van der Waals surface area (Å²) in [5.41, 5.74) is 1.14. The lowest BCUT2D eigenvalue weighted by Gasteiger charge is -1.99. The van der Waals surface area contributed by atoms with Gasteiger partial charge in [-0.3, -0.25) is 9.48 Å². The van der Waals surface area contributed by atoms with Gasteiger partial charge >= 0.3 is 0 Å². The monoisotopic (exact) mass is 357 g/mol. The first-order valence-corrected chi connectivity index (χ1v) is 7.75. The van der Waals surface area contributed by atoms with E-state index < -0.39 is 0 Å². The number of nitrogens with one attached hydrogen (secondary N) is 1. The first-order valence-electron chi connectivity index (χ1n) is 6.96. The molecule has 2 aromatic rings. The number of carbonyl (C=O) groups excluding carboxylic acids is 1. The van der Waals surface area contributed by atoms with Gasteiger partial charge in [-0.25, -0.2) is 0 Å². The highest BCUT2D eigenvalue weighted by Crippen LogP contribution is 2.25. The molecule has 0 spiro atoms. The molecule has 6 heteroatoms. The number of hydrogen-bond donors (Lipinski definition) is 1. The highest BCUT2D eigenvalue weighted by Gasteiger charge is 2.07. The van der Waals surface area contributed by atoms with Gasteiger partial charge < -0.3 is 10.1 Å². The summed E-state index contributed by atoms with van der Waals surface area (Å²) < 4.78 is 6.85. The summed E-state index contributed by atoms with van der Waals surface area (Å²) in [6.07, 6.45) is 1.11. The van der Waals surface area contributed by atoms with E-state index in [0.29, 0.717) is 6.47 Å². The van der Waals surface area contributed by atoms with Crippen molar-refractivity contribution in [3.8, 4) is 0 Å². The van der Waals surface area contributed by atoms with Crippen LogP contribution in [0.5, 0.6) is 0 Å². The molecule has 0 amide bonds. The molecule has 0 aliphatic carbocycles. The number of ether oxygens (including phenoxy) is 1. The Balaban J connectivity index is 0.000000579. The van der Waals surface area contributed by atoms with Crippen molar-refractivity contribution < 1.29 is 9.53 Å². The fourth-order valence-electron chi connectivity index (χ4n) is 1.60. The fourth-order valence-corrected chi connectivity index (χ4v) is 1.95. The SMILES string of the molecule is CC.CCCNc1nn(C)c2cc(Br)ccc12.COC=O. The van der Waals surface area contributed by atoms with Crippen LogP contribution < -0.4 is 5.32 Å². The molecular formula is C15H24BrN3O2. The van der Waals surface area contributed by atoms with Crippen LogP contribution in [-0.2, 0) is 16.6 Å². The van der Waals surface area contributed by atoms with Gasteiger partial charge in [0.15, 0.2) is 5.82 Å². The number of benzene rings is 1. The molecule has 0 bridgehead atoms. The molecule has 1 aromatic heterocycles. The molecule has 1 aromatic carbocycles. The van der Waals surface area contributed by atoms with Crippen molar-refractivity contribution in [1.82, 2.24) is 9.78 Å². The Morgan fingerprint density at radius 2 is 2.05 bits per heavy atom. The van der Waals surface area contributed by atoms with E-state index in [2.05, 4.69) is 50.1 Å². The quantitative estimate of drug-likeness (QED) is 0.841. The number of nitrogens with zero attached hydrogens (tertiary/aromatic N) is 2. The number of hydrogen-bond acceptors (Lipinski definition) is 4. The molecule has 0 aliphatic heterocycles. The van der Waals surface area contributed by atoms with Gasteiger partial charge in [-0.2, -0.15) is 5.10 Å². The predicted molar refractivity (Wildman–Crippen MR) is 91.6 cm³/mol. The maximum absolute atomic E-state index is 8.95. The summed E-state index contributed by atoms with van der Waals surface area (Å²) in [5.74, 6) is 0.974. The van der Waals surface area contributed by atoms with Crippen molar-refractivity contribution in [2.24, 2.45) is 7.05 Å². The number of halogens is 1. The van der Waals surface area contributed by atoms with Crippen molar-refractivity contribution in [3.05, 3.63) is 22.7 Å². The minimum absolute atomic E-state index is 0.375. The predicted octanol–water partition coefficient (Wildman–Crippen LogP) is 3.97. The average molecular weight is 358 g/mol. The molecular weight excluding hydrogens is 334 g/mol. The lowest BCUT2D eigenvalue weighted by Crippen LogP contribution is -2.01. The zero-order valence-electron chi connectivity index (χ0n) is 13.3. The third-order valence-corrected chi connectivity index (χ3v) is 2.95. The second-order valence-corrected chi connectivity index (χ2v) is 4.81. The first-order chi connectivity index (χ1) is 10.1. The van der Waals surface area contributed by atoms with Crippen molar-refractivity contribution in [2.45, 2.75) is 27.2 Å². The molecule has 1 N–H and O–H groups in total. The summed E-state index contributed by atoms with van der Waals surface area (Å²) in [4.78, 5) is 8.95. The van der Waals surface area contributed by atoms with E-state index in [-0.39, 0.29) is 0 Å². The second-order valence-electron chi connectivity index (χ2n) is 3.89.